The predicted molar refractivity (Wildman–Crippen MR) is 57.7 cm³/mol. The number of pyridine rings is 1. The van der Waals surface area contributed by atoms with E-state index >= 15 is 0 Å². The number of aromatic amines is 1. The highest BCUT2D eigenvalue weighted by molar-refractivity contribution is 5.28. The van der Waals surface area contributed by atoms with Crippen molar-refractivity contribution in [3.63, 3.8) is 0 Å². The second-order valence-electron chi connectivity index (χ2n) is 3.71. The van der Waals surface area contributed by atoms with Gasteiger partial charge in [-0.2, -0.15) is 5.10 Å². The lowest BCUT2D eigenvalue weighted by Crippen LogP contribution is -2.05. The maximum atomic E-state index is 5.60. The Hall–Kier alpha value is -1.88. The molecule has 1 aliphatic heterocycles. The number of H-pyrrole nitrogens is 1. The first-order chi connectivity index (χ1) is 7.93. The summed E-state index contributed by atoms with van der Waals surface area (Å²) in [5.41, 5.74) is 3.39. The van der Waals surface area contributed by atoms with Crippen LogP contribution in [0.2, 0.25) is 0 Å². The number of aromatic nitrogens is 3. The van der Waals surface area contributed by atoms with Gasteiger partial charge in [0.05, 0.1) is 11.9 Å². The molecule has 5 nitrogen and oxygen atoms in total. The molecule has 0 aromatic carbocycles. The summed E-state index contributed by atoms with van der Waals surface area (Å²) in [5.74, 6) is 0.769. The molecule has 0 spiro atoms. The van der Waals surface area contributed by atoms with Gasteiger partial charge in [-0.15, -0.1) is 0 Å². The molecule has 0 radical (unpaired) electrons. The van der Waals surface area contributed by atoms with Crippen molar-refractivity contribution in [2.75, 3.05) is 0 Å². The first-order valence-corrected chi connectivity index (χ1v) is 5.22. The molecule has 2 aromatic rings. The van der Waals surface area contributed by atoms with Crippen LogP contribution in [0, 0.1) is 0 Å². The lowest BCUT2D eigenvalue weighted by atomic mass is 10.2. The van der Waals surface area contributed by atoms with Crippen LogP contribution < -0.4 is 10.1 Å². The van der Waals surface area contributed by atoms with Crippen molar-refractivity contribution in [2.45, 2.75) is 19.7 Å². The average molecular weight is 216 g/mol. The number of rotatable bonds is 3. The Balaban J connectivity index is 1.71. The van der Waals surface area contributed by atoms with Crippen LogP contribution in [0.15, 0.2) is 24.5 Å². The number of nitrogens with one attached hydrogen (secondary N) is 2. The fourth-order valence-electron chi connectivity index (χ4n) is 1.82. The molecule has 0 bridgehead atoms. The summed E-state index contributed by atoms with van der Waals surface area (Å²) in [6.45, 7) is 2.23. The van der Waals surface area contributed by atoms with Crippen molar-refractivity contribution in [3.8, 4) is 5.75 Å². The van der Waals surface area contributed by atoms with E-state index < -0.39 is 0 Å². The summed E-state index contributed by atoms with van der Waals surface area (Å²) in [6.07, 6.45) is 3.42. The van der Waals surface area contributed by atoms with Crippen LogP contribution in [0.3, 0.4) is 0 Å². The molecule has 16 heavy (non-hydrogen) atoms. The topological polar surface area (TPSA) is 62.8 Å². The number of ether oxygens (including phenoxy) is 1. The lowest BCUT2D eigenvalue weighted by molar-refractivity contribution is 0.298. The zero-order valence-corrected chi connectivity index (χ0v) is 8.73. The van der Waals surface area contributed by atoms with Gasteiger partial charge in [0.2, 0.25) is 0 Å². The van der Waals surface area contributed by atoms with E-state index in [1.54, 1.807) is 12.4 Å². The highest BCUT2D eigenvalue weighted by Gasteiger charge is 2.17. The quantitative estimate of drug-likeness (QED) is 0.803. The molecule has 0 amide bonds. The minimum Gasteiger partial charge on any atom is -0.486 e. The maximum Gasteiger partial charge on any atom is 0.138 e. The van der Waals surface area contributed by atoms with Gasteiger partial charge in [0.15, 0.2) is 0 Å². The first-order valence-electron chi connectivity index (χ1n) is 5.22. The lowest BCUT2D eigenvalue weighted by Gasteiger charge is -2.03. The normalized spacial score (nSPS) is 13.8. The van der Waals surface area contributed by atoms with Gasteiger partial charge < -0.3 is 10.1 Å². The van der Waals surface area contributed by atoms with Crippen LogP contribution in [0.1, 0.15) is 17.0 Å². The molecule has 3 heterocycles. The van der Waals surface area contributed by atoms with E-state index in [-0.39, 0.29) is 0 Å². The maximum absolute atomic E-state index is 5.60. The highest BCUT2D eigenvalue weighted by Crippen LogP contribution is 2.18. The van der Waals surface area contributed by atoms with Crippen LogP contribution in [0.5, 0.6) is 5.75 Å². The van der Waals surface area contributed by atoms with E-state index in [9.17, 15) is 0 Å². The van der Waals surface area contributed by atoms with Crippen molar-refractivity contribution in [3.05, 3.63) is 41.5 Å². The molecule has 0 saturated carbocycles. The highest BCUT2D eigenvalue weighted by atomic mass is 16.5. The van der Waals surface area contributed by atoms with Crippen molar-refractivity contribution < 1.29 is 4.74 Å². The molecule has 0 atom stereocenters. The van der Waals surface area contributed by atoms with Gasteiger partial charge in [-0.3, -0.25) is 10.1 Å². The molecule has 0 saturated heterocycles. The summed E-state index contributed by atoms with van der Waals surface area (Å²) >= 11 is 0. The molecule has 1 aliphatic rings. The molecular formula is C11H12N4O. The first kappa shape index (κ1) is 9.35. The standard InChI is InChI=1S/C11H12N4O/c1-2-8(4-12-3-1)16-7-11-9-5-13-6-10(9)14-15-11/h1-4,13H,5-7H2,(H,14,15). The molecule has 0 fully saturated rings. The Morgan fingerprint density at radius 2 is 2.38 bits per heavy atom. The molecule has 2 aromatic heterocycles. The average Bonchev–Trinajstić information content (AvgIpc) is 2.90. The summed E-state index contributed by atoms with van der Waals surface area (Å²) in [7, 11) is 0. The fraction of sp³-hybridized carbons (Fsp3) is 0.273. The summed E-state index contributed by atoms with van der Waals surface area (Å²) in [4.78, 5) is 3.99. The number of hydrogen-bond donors (Lipinski definition) is 2. The van der Waals surface area contributed by atoms with Gasteiger partial charge in [0.1, 0.15) is 18.1 Å². The van der Waals surface area contributed by atoms with E-state index in [1.165, 1.54) is 11.3 Å². The van der Waals surface area contributed by atoms with E-state index in [2.05, 4.69) is 20.5 Å². The summed E-state index contributed by atoms with van der Waals surface area (Å²) < 4.78 is 5.60. The van der Waals surface area contributed by atoms with E-state index in [0.29, 0.717) is 6.61 Å². The fourth-order valence-corrected chi connectivity index (χ4v) is 1.82. The van der Waals surface area contributed by atoms with Crippen LogP contribution in [-0.2, 0) is 19.7 Å². The SMILES string of the molecule is c1cncc(OCc2n[nH]c3c2CNC3)c1. The summed E-state index contributed by atoms with van der Waals surface area (Å²) in [5, 5.41) is 10.5. The number of fused-ring (bicyclic) bond motifs is 1. The van der Waals surface area contributed by atoms with E-state index in [4.69, 9.17) is 4.74 Å². The molecule has 5 heteroatoms. The smallest absolute Gasteiger partial charge is 0.138 e. The Morgan fingerprint density at radius 3 is 3.25 bits per heavy atom. The molecular weight excluding hydrogens is 204 g/mol. The molecule has 0 aliphatic carbocycles. The van der Waals surface area contributed by atoms with Gasteiger partial charge in [-0.25, -0.2) is 0 Å². The van der Waals surface area contributed by atoms with Crippen molar-refractivity contribution in [1.29, 1.82) is 0 Å². The third kappa shape index (κ3) is 1.65. The Labute approximate surface area is 92.9 Å². The monoisotopic (exact) mass is 216 g/mol. The summed E-state index contributed by atoms with van der Waals surface area (Å²) in [6, 6.07) is 3.74. The molecule has 2 N–H and O–H groups in total. The number of nitrogens with zero attached hydrogens (tertiary/aromatic N) is 2. The Kier molecular flexibility index (Phi) is 2.30. The van der Waals surface area contributed by atoms with Gasteiger partial charge >= 0.3 is 0 Å². The second-order valence-corrected chi connectivity index (χ2v) is 3.71. The minimum absolute atomic E-state index is 0.485. The van der Waals surface area contributed by atoms with Crippen molar-refractivity contribution >= 4 is 0 Å². The second kappa shape index (κ2) is 3.94. The van der Waals surface area contributed by atoms with Crippen molar-refractivity contribution in [2.24, 2.45) is 0 Å². The van der Waals surface area contributed by atoms with Gasteiger partial charge in [-0.1, -0.05) is 0 Å². The van der Waals surface area contributed by atoms with Gasteiger partial charge in [0, 0.05) is 24.8 Å². The third-order valence-electron chi connectivity index (χ3n) is 2.65. The van der Waals surface area contributed by atoms with E-state index in [0.717, 1.165) is 24.5 Å². The van der Waals surface area contributed by atoms with Gasteiger partial charge in [0.25, 0.3) is 0 Å². The van der Waals surface area contributed by atoms with Crippen LogP contribution in [0.25, 0.3) is 0 Å². The molecule has 0 unspecified atom stereocenters. The van der Waals surface area contributed by atoms with Gasteiger partial charge in [-0.05, 0) is 12.1 Å². The minimum atomic E-state index is 0.485. The number of hydrogen-bond acceptors (Lipinski definition) is 4. The molecule has 82 valence electrons. The molecule has 3 rings (SSSR count). The van der Waals surface area contributed by atoms with Crippen LogP contribution >= 0.6 is 0 Å². The predicted octanol–water partition coefficient (Wildman–Crippen LogP) is 0.987. The van der Waals surface area contributed by atoms with Crippen LogP contribution in [-0.4, -0.2) is 15.2 Å². The van der Waals surface area contributed by atoms with Crippen molar-refractivity contribution in [1.82, 2.24) is 20.5 Å². The zero-order chi connectivity index (χ0) is 10.8. The Bertz CT molecular complexity index is 480. The Morgan fingerprint density at radius 1 is 1.38 bits per heavy atom. The third-order valence-corrected chi connectivity index (χ3v) is 2.65. The van der Waals surface area contributed by atoms with Crippen LogP contribution in [0.4, 0.5) is 0 Å². The largest absolute Gasteiger partial charge is 0.486 e. The van der Waals surface area contributed by atoms with E-state index in [1.807, 2.05) is 12.1 Å². The zero-order valence-electron chi connectivity index (χ0n) is 8.73.